The lowest BCUT2D eigenvalue weighted by atomic mass is 10.5. The van der Waals surface area contributed by atoms with E-state index in [0.717, 1.165) is 13.0 Å². The van der Waals surface area contributed by atoms with Gasteiger partial charge in [-0.25, -0.2) is 9.98 Å². The van der Waals surface area contributed by atoms with E-state index in [2.05, 4.69) is 28.2 Å². The first kappa shape index (κ1) is 16.9. The molecule has 0 bridgehead atoms. The molecule has 0 aromatic rings. The van der Waals surface area contributed by atoms with Gasteiger partial charge in [0.15, 0.2) is 0 Å². The SMILES string of the molecule is CCCN=C=NC.CNC.Cl. The number of nitrogens with one attached hydrogen (secondary N) is 1. The minimum atomic E-state index is 0. The lowest BCUT2D eigenvalue weighted by molar-refractivity contribution is 0.937. The van der Waals surface area contributed by atoms with Gasteiger partial charge in [-0.05, 0) is 20.5 Å². The molecule has 1 N–H and O–H groups in total. The largest absolute Gasteiger partial charge is 0.323 e. The van der Waals surface area contributed by atoms with Gasteiger partial charge in [0.05, 0.1) is 6.01 Å². The maximum atomic E-state index is 3.79. The summed E-state index contributed by atoms with van der Waals surface area (Å²) in [6.07, 6.45) is 1.07. The Morgan fingerprint density at radius 2 is 1.82 bits per heavy atom. The van der Waals surface area contributed by atoms with Crippen molar-refractivity contribution in [2.24, 2.45) is 9.98 Å². The first-order valence-electron chi connectivity index (χ1n) is 3.42. The summed E-state index contributed by atoms with van der Waals surface area (Å²) in [5.74, 6) is 0. The quantitative estimate of drug-likeness (QED) is 0.641. The molecular weight excluding hydrogens is 162 g/mol. The van der Waals surface area contributed by atoms with Gasteiger partial charge >= 0.3 is 0 Å². The highest BCUT2D eigenvalue weighted by Crippen LogP contribution is 1.71. The highest BCUT2D eigenvalue weighted by molar-refractivity contribution is 5.85. The first-order chi connectivity index (χ1) is 4.83. The van der Waals surface area contributed by atoms with Crippen LogP contribution < -0.4 is 5.32 Å². The summed E-state index contributed by atoms with van der Waals surface area (Å²) in [7, 11) is 5.42. The number of hydrogen-bond acceptors (Lipinski definition) is 3. The normalized spacial score (nSPS) is 6.18. The van der Waals surface area contributed by atoms with Gasteiger partial charge in [0.25, 0.3) is 0 Å². The second-order valence-corrected chi connectivity index (χ2v) is 1.71. The number of halogens is 1. The van der Waals surface area contributed by atoms with Crippen LogP contribution in [-0.2, 0) is 0 Å². The summed E-state index contributed by atoms with van der Waals surface area (Å²) in [6, 6.07) is 2.50. The van der Waals surface area contributed by atoms with Crippen LogP contribution in [0.1, 0.15) is 13.3 Å². The number of aliphatic imine (C=N–C) groups is 2. The van der Waals surface area contributed by atoms with Crippen LogP contribution in [0.3, 0.4) is 0 Å². The maximum Gasteiger partial charge on any atom is 0.0889 e. The summed E-state index contributed by atoms with van der Waals surface area (Å²) in [5.41, 5.74) is 0. The molecule has 0 aromatic heterocycles. The lowest BCUT2D eigenvalue weighted by Crippen LogP contribution is -1.89. The van der Waals surface area contributed by atoms with Gasteiger partial charge < -0.3 is 5.32 Å². The minimum absolute atomic E-state index is 0. The van der Waals surface area contributed by atoms with Gasteiger partial charge in [0.2, 0.25) is 0 Å². The number of hydrogen-bond donors (Lipinski definition) is 1. The van der Waals surface area contributed by atoms with E-state index in [1.165, 1.54) is 0 Å². The molecule has 0 aliphatic rings. The van der Waals surface area contributed by atoms with Crippen molar-refractivity contribution in [3.63, 3.8) is 0 Å². The zero-order valence-electron chi connectivity index (χ0n) is 7.72. The van der Waals surface area contributed by atoms with Gasteiger partial charge in [-0.2, -0.15) is 0 Å². The fourth-order valence-electron chi connectivity index (χ4n) is 0.233. The van der Waals surface area contributed by atoms with E-state index < -0.39 is 0 Å². The van der Waals surface area contributed by atoms with E-state index in [1.807, 2.05) is 14.1 Å². The third-order valence-corrected chi connectivity index (χ3v) is 0.506. The third kappa shape index (κ3) is 42.5. The Bertz CT molecular complexity index is 97.9. The molecule has 0 fully saturated rings. The zero-order valence-corrected chi connectivity index (χ0v) is 8.53. The Morgan fingerprint density at radius 3 is 2.09 bits per heavy atom. The molecule has 0 aliphatic heterocycles. The molecule has 0 aliphatic carbocycles. The van der Waals surface area contributed by atoms with Crippen molar-refractivity contribution in [2.75, 3.05) is 27.7 Å². The van der Waals surface area contributed by atoms with E-state index in [0.29, 0.717) is 0 Å². The predicted octanol–water partition coefficient (Wildman–Crippen LogP) is 1.46. The topological polar surface area (TPSA) is 36.8 Å². The van der Waals surface area contributed by atoms with Crippen LogP contribution in [0.2, 0.25) is 0 Å². The van der Waals surface area contributed by atoms with E-state index in [-0.39, 0.29) is 12.4 Å². The monoisotopic (exact) mass is 179 g/mol. The van der Waals surface area contributed by atoms with Crippen LogP contribution in [0.15, 0.2) is 9.98 Å². The second kappa shape index (κ2) is 22.6. The van der Waals surface area contributed by atoms with Crippen molar-refractivity contribution in [1.82, 2.24) is 5.32 Å². The first-order valence-corrected chi connectivity index (χ1v) is 3.42. The molecule has 68 valence electrons. The predicted molar refractivity (Wildman–Crippen MR) is 53.2 cm³/mol. The molecule has 0 saturated carbocycles. The van der Waals surface area contributed by atoms with Gasteiger partial charge in [0, 0.05) is 13.6 Å². The fraction of sp³-hybridized carbons (Fsp3) is 0.857. The van der Waals surface area contributed by atoms with Crippen molar-refractivity contribution < 1.29 is 0 Å². The highest BCUT2D eigenvalue weighted by Gasteiger charge is 1.65. The lowest BCUT2D eigenvalue weighted by Gasteiger charge is -1.74. The molecule has 0 aromatic carbocycles. The van der Waals surface area contributed by atoms with Crippen LogP contribution in [0.25, 0.3) is 0 Å². The van der Waals surface area contributed by atoms with Crippen LogP contribution in [0, 0.1) is 0 Å². The molecule has 11 heavy (non-hydrogen) atoms. The molecule has 3 nitrogen and oxygen atoms in total. The molecule has 0 rings (SSSR count). The summed E-state index contributed by atoms with van der Waals surface area (Å²) < 4.78 is 0. The molecule has 0 atom stereocenters. The molecule has 0 amide bonds. The highest BCUT2D eigenvalue weighted by atomic mass is 35.5. The fourth-order valence-corrected chi connectivity index (χ4v) is 0.233. The van der Waals surface area contributed by atoms with Crippen LogP contribution >= 0.6 is 12.4 Å². The summed E-state index contributed by atoms with van der Waals surface area (Å²) in [5, 5.41) is 2.75. The number of rotatable bonds is 2. The Kier molecular flexibility index (Phi) is 34.8. The second-order valence-electron chi connectivity index (χ2n) is 1.71. The van der Waals surface area contributed by atoms with Crippen LogP contribution in [0.5, 0.6) is 0 Å². The number of nitrogens with zero attached hydrogens (tertiary/aromatic N) is 2. The Labute approximate surface area is 75.4 Å². The van der Waals surface area contributed by atoms with E-state index in [4.69, 9.17) is 0 Å². The third-order valence-electron chi connectivity index (χ3n) is 0.506. The van der Waals surface area contributed by atoms with Gasteiger partial charge in [0.1, 0.15) is 0 Å². The Hall–Kier alpha value is -0.370. The zero-order chi connectivity index (χ0) is 8.24. The van der Waals surface area contributed by atoms with Crippen LogP contribution in [0.4, 0.5) is 0 Å². The average molecular weight is 180 g/mol. The molecule has 0 heterocycles. The van der Waals surface area contributed by atoms with Crippen molar-refractivity contribution in [1.29, 1.82) is 0 Å². The minimum Gasteiger partial charge on any atom is -0.323 e. The van der Waals surface area contributed by atoms with Crippen molar-refractivity contribution >= 4 is 18.4 Å². The average Bonchev–Trinajstić information content (AvgIpc) is 1.91. The van der Waals surface area contributed by atoms with Crippen molar-refractivity contribution in [2.45, 2.75) is 13.3 Å². The van der Waals surface area contributed by atoms with E-state index >= 15 is 0 Å². The Morgan fingerprint density at radius 1 is 1.36 bits per heavy atom. The smallest absolute Gasteiger partial charge is 0.0889 e. The molecular formula is C7H18ClN3. The molecule has 0 unspecified atom stereocenters. The standard InChI is InChI=1S/C5H10N2.C2H7N.ClH/c1-3-4-7-5-6-2;1-3-2;/h3-4H2,1-2H3;3H,1-2H3;1H. The summed E-state index contributed by atoms with van der Waals surface area (Å²) in [6.45, 7) is 2.91. The van der Waals surface area contributed by atoms with E-state index in [9.17, 15) is 0 Å². The molecule has 0 saturated heterocycles. The van der Waals surface area contributed by atoms with Gasteiger partial charge in [-0.3, -0.25) is 0 Å². The van der Waals surface area contributed by atoms with E-state index in [1.54, 1.807) is 7.05 Å². The summed E-state index contributed by atoms with van der Waals surface area (Å²) >= 11 is 0. The molecule has 0 spiro atoms. The van der Waals surface area contributed by atoms with Crippen LogP contribution in [-0.4, -0.2) is 33.7 Å². The van der Waals surface area contributed by atoms with Crippen molar-refractivity contribution in [3.8, 4) is 0 Å². The van der Waals surface area contributed by atoms with Gasteiger partial charge in [-0.15, -0.1) is 12.4 Å². The van der Waals surface area contributed by atoms with Crippen molar-refractivity contribution in [3.05, 3.63) is 0 Å². The van der Waals surface area contributed by atoms with Gasteiger partial charge in [-0.1, -0.05) is 6.92 Å². The molecule has 4 heteroatoms. The summed E-state index contributed by atoms with van der Waals surface area (Å²) in [4.78, 5) is 7.35. The Balaban J connectivity index is -0.000000140. The maximum absolute atomic E-state index is 3.79. The molecule has 0 radical (unpaired) electrons.